The van der Waals surface area contributed by atoms with Crippen molar-refractivity contribution in [2.75, 3.05) is 41.0 Å². The van der Waals surface area contributed by atoms with Crippen LogP contribution >= 0.6 is 0 Å². The van der Waals surface area contributed by atoms with Crippen LogP contribution in [-0.2, 0) is 28.6 Å². The Hall–Kier alpha value is -1.93. The molecule has 0 saturated carbocycles. The Morgan fingerprint density at radius 2 is 1.33 bits per heavy atom. The Labute approximate surface area is 238 Å². The molecule has 228 valence electrons. The normalized spacial score (nSPS) is 13.4. The van der Waals surface area contributed by atoms with E-state index in [9.17, 15) is 19.5 Å². The summed E-state index contributed by atoms with van der Waals surface area (Å²) in [7, 11) is 5.36. The van der Waals surface area contributed by atoms with Gasteiger partial charge in [-0.15, -0.1) is 0 Å². The number of unbranched alkanes of at least 4 members (excludes halogenated alkanes) is 10. The van der Waals surface area contributed by atoms with E-state index in [4.69, 9.17) is 14.2 Å². The van der Waals surface area contributed by atoms with Crippen molar-refractivity contribution in [2.24, 2.45) is 0 Å². The molecule has 0 aromatic carbocycles. The molecular formula is C31H57NO7. The third-order valence-electron chi connectivity index (χ3n) is 6.67. The first-order valence-corrected chi connectivity index (χ1v) is 15.2. The fraction of sp³-hybridized carbons (Fsp3) is 0.839. The van der Waals surface area contributed by atoms with Gasteiger partial charge in [-0.2, -0.15) is 0 Å². The van der Waals surface area contributed by atoms with Gasteiger partial charge in [-0.25, -0.2) is 0 Å². The van der Waals surface area contributed by atoms with Crippen LogP contribution in [0.3, 0.4) is 0 Å². The number of esters is 2. The number of ether oxygens (including phenoxy) is 3. The molecule has 0 aromatic heterocycles. The number of nitrogens with zero attached hydrogens (tertiary/aromatic N) is 1. The monoisotopic (exact) mass is 555 g/mol. The van der Waals surface area contributed by atoms with Crippen LogP contribution in [0.25, 0.3) is 0 Å². The second-order valence-corrected chi connectivity index (χ2v) is 11.3. The predicted octanol–water partition coefficient (Wildman–Crippen LogP) is 5.12. The first-order chi connectivity index (χ1) is 18.6. The minimum Gasteiger partial charge on any atom is -0.544 e. The molecule has 2 unspecified atom stereocenters. The van der Waals surface area contributed by atoms with Crippen molar-refractivity contribution in [2.45, 2.75) is 129 Å². The number of quaternary nitrogens is 1. The van der Waals surface area contributed by atoms with E-state index in [1.54, 1.807) is 21.1 Å². The van der Waals surface area contributed by atoms with Crippen molar-refractivity contribution in [3.63, 3.8) is 0 Å². The summed E-state index contributed by atoms with van der Waals surface area (Å²) in [4.78, 5) is 36.1. The van der Waals surface area contributed by atoms with Crippen molar-refractivity contribution >= 4 is 17.9 Å². The standard InChI is InChI=1S/C31H57NO7/c1-6-8-10-12-14-16-18-20-22-30(34)39-27(25-37-24-23-28(31(35)36)32(3,4)5)26-38-29(33)21-19-17-15-13-11-9-7-2/h15,17,27-28H,6-14,16,18-26H2,1-5H3/b17-15+. The number of likely N-dealkylation sites (N-methyl/N-ethyl adjacent to an activating group) is 1. The smallest absolute Gasteiger partial charge is 0.306 e. The molecule has 0 fully saturated rings. The minimum absolute atomic E-state index is 0.0324. The van der Waals surface area contributed by atoms with Crippen LogP contribution < -0.4 is 5.11 Å². The third kappa shape index (κ3) is 22.6. The Balaban J connectivity index is 4.58. The zero-order valence-corrected chi connectivity index (χ0v) is 25.5. The van der Waals surface area contributed by atoms with E-state index in [1.807, 2.05) is 6.08 Å². The van der Waals surface area contributed by atoms with Crippen LogP contribution in [-0.4, -0.2) is 75.5 Å². The largest absolute Gasteiger partial charge is 0.544 e. The molecule has 0 rings (SSSR count). The van der Waals surface area contributed by atoms with Crippen molar-refractivity contribution in [3.05, 3.63) is 12.2 Å². The molecule has 0 aromatic rings. The van der Waals surface area contributed by atoms with E-state index in [-0.39, 0.29) is 49.1 Å². The van der Waals surface area contributed by atoms with Gasteiger partial charge in [0.05, 0.1) is 40.3 Å². The zero-order chi connectivity index (χ0) is 29.4. The maximum atomic E-state index is 12.4. The third-order valence-corrected chi connectivity index (χ3v) is 6.67. The van der Waals surface area contributed by atoms with Gasteiger partial charge in [0.2, 0.25) is 0 Å². The summed E-state index contributed by atoms with van der Waals surface area (Å²) in [5.41, 5.74) is 0. The number of carboxylic acids is 1. The number of hydrogen-bond donors (Lipinski definition) is 0. The van der Waals surface area contributed by atoms with Crippen LogP contribution in [0.2, 0.25) is 0 Å². The van der Waals surface area contributed by atoms with E-state index in [2.05, 4.69) is 19.9 Å². The number of allylic oxidation sites excluding steroid dienone is 2. The second-order valence-electron chi connectivity index (χ2n) is 11.3. The molecule has 0 N–H and O–H groups in total. The summed E-state index contributed by atoms with van der Waals surface area (Å²) in [6.45, 7) is 4.48. The van der Waals surface area contributed by atoms with Gasteiger partial charge in [-0.05, 0) is 25.7 Å². The molecule has 8 heteroatoms. The Bertz CT molecular complexity index is 672. The topological polar surface area (TPSA) is 102 Å². The molecule has 8 nitrogen and oxygen atoms in total. The number of carbonyl (C=O) groups is 3. The van der Waals surface area contributed by atoms with Crippen molar-refractivity contribution in [1.82, 2.24) is 0 Å². The summed E-state index contributed by atoms with van der Waals surface area (Å²) < 4.78 is 16.8. The maximum Gasteiger partial charge on any atom is 0.306 e. The summed E-state index contributed by atoms with van der Waals surface area (Å²) in [5.74, 6) is -1.81. The summed E-state index contributed by atoms with van der Waals surface area (Å²) in [5, 5.41) is 11.5. The molecule has 0 aliphatic rings. The van der Waals surface area contributed by atoms with Gasteiger partial charge in [0.25, 0.3) is 0 Å². The van der Waals surface area contributed by atoms with Crippen LogP contribution in [0.1, 0.15) is 117 Å². The Morgan fingerprint density at radius 3 is 1.95 bits per heavy atom. The average molecular weight is 556 g/mol. The lowest BCUT2D eigenvalue weighted by Gasteiger charge is -2.34. The van der Waals surface area contributed by atoms with E-state index < -0.39 is 18.1 Å². The molecule has 0 bridgehead atoms. The highest BCUT2D eigenvalue weighted by Crippen LogP contribution is 2.12. The lowest BCUT2D eigenvalue weighted by molar-refractivity contribution is -0.889. The van der Waals surface area contributed by atoms with Gasteiger partial charge in [0.1, 0.15) is 12.6 Å². The predicted molar refractivity (Wildman–Crippen MR) is 153 cm³/mol. The number of carboxylic acid groups (broad SMARTS) is 1. The van der Waals surface area contributed by atoms with E-state index in [0.717, 1.165) is 32.1 Å². The van der Waals surface area contributed by atoms with Crippen LogP contribution in [0, 0.1) is 0 Å². The summed E-state index contributed by atoms with van der Waals surface area (Å²) in [6.07, 6.45) is 18.5. The number of aliphatic carboxylic acids is 1. The molecule has 2 atom stereocenters. The van der Waals surface area contributed by atoms with E-state index >= 15 is 0 Å². The average Bonchev–Trinajstić information content (AvgIpc) is 2.86. The molecule has 0 radical (unpaired) electrons. The van der Waals surface area contributed by atoms with Crippen LogP contribution in [0.4, 0.5) is 0 Å². The Kier molecular flexibility index (Phi) is 22.7. The molecule has 39 heavy (non-hydrogen) atoms. The highest BCUT2D eigenvalue weighted by atomic mass is 16.6. The number of hydrogen-bond acceptors (Lipinski definition) is 7. The lowest BCUT2D eigenvalue weighted by atomic mass is 10.1. The van der Waals surface area contributed by atoms with Crippen molar-refractivity contribution in [1.29, 1.82) is 0 Å². The van der Waals surface area contributed by atoms with Gasteiger partial charge in [0.15, 0.2) is 6.10 Å². The molecule has 0 saturated heterocycles. The highest BCUT2D eigenvalue weighted by molar-refractivity contribution is 5.70. The van der Waals surface area contributed by atoms with Gasteiger partial charge in [-0.1, -0.05) is 83.8 Å². The molecule has 0 aliphatic carbocycles. The highest BCUT2D eigenvalue weighted by Gasteiger charge is 2.25. The Morgan fingerprint density at radius 1 is 0.744 bits per heavy atom. The van der Waals surface area contributed by atoms with Gasteiger partial charge < -0.3 is 28.6 Å². The molecule has 0 amide bonds. The second kappa shape index (κ2) is 23.9. The van der Waals surface area contributed by atoms with Gasteiger partial charge in [-0.3, -0.25) is 9.59 Å². The van der Waals surface area contributed by atoms with Crippen molar-refractivity contribution < 1.29 is 38.2 Å². The fourth-order valence-electron chi connectivity index (χ4n) is 4.20. The summed E-state index contributed by atoms with van der Waals surface area (Å²) >= 11 is 0. The zero-order valence-electron chi connectivity index (χ0n) is 25.5. The fourth-order valence-corrected chi connectivity index (χ4v) is 4.20. The maximum absolute atomic E-state index is 12.4. The van der Waals surface area contributed by atoms with E-state index in [1.165, 1.54) is 44.9 Å². The lowest BCUT2D eigenvalue weighted by Crippen LogP contribution is -2.55. The molecule has 0 aliphatic heterocycles. The molecular weight excluding hydrogens is 498 g/mol. The number of carbonyl (C=O) groups excluding carboxylic acids is 3. The first kappa shape index (κ1) is 37.1. The van der Waals surface area contributed by atoms with E-state index in [0.29, 0.717) is 12.8 Å². The quantitative estimate of drug-likeness (QED) is 0.0632. The molecule has 0 heterocycles. The van der Waals surface area contributed by atoms with Crippen molar-refractivity contribution in [3.8, 4) is 0 Å². The first-order valence-electron chi connectivity index (χ1n) is 15.2. The number of rotatable bonds is 26. The SMILES string of the molecule is CCCCC/C=C/CCC(=O)OCC(COCCC(C(=O)[O-])[N+](C)(C)C)OC(=O)CCCCCCCCCC. The molecule has 0 spiro atoms. The minimum atomic E-state index is -1.13. The van der Waals surface area contributed by atoms with Crippen LogP contribution in [0.15, 0.2) is 12.2 Å². The van der Waals surface area contributed by atoms with Gasteiger partial charge in [0, 0.05) is 19.3 Å². The van der Waals surface area contributed by atoms with Crippen LogP contribution in [0.5, 0.6) is 0 Å². The van der Waals surface area contributed by atoms with Gasteiger partial charge >= 0.3 is 11.9 Å². The summed E-state index contributed by atoms with van der Waals surface area (Å²) in [6, 6.07) is -0.721.